The summed E-state index contributed by atoms with van der Waals surface area (Å²) in [6.07, 6.45) is 2.81. The average molecular weight is 297 g/mol. The molecule has 0 aliphatic rings. The Labute approximate surface area is 108 Å². The van der Waals surface area contributed by atoms with Crippen LogP contribution in [0.5, 0.6) is 0 Å². The van der Waals surface area contributed by atoms with Gasteiger partial charge in [0, 0.05) is 40.8 Å². The van der Waals surface area contributed by atoms with Gasteiger partial charge in [-0.2, -0.15) is 0 Å². The Hall–Kier alpha value is -0.710. The second-order valence-electron chi connectivity index (χ2n) is 3.44. The first-order chi connectivity index (χ1) is 7.86. The van der Waals surface area contributed by atoms with Crippen LogP contribution in [0.25, 0.3) is 0 Å². The highest BCUT2D eigenvalue weighted by atomic mass is 79.9. The lowest BCUT2D eigenvalue weighted by Gasteiger charge is -2.03. The first-order valence-electron chi connectivity index (χ1n) is 5.19. The van der Waals surface area contributed by atoms with Crippen LogP contribution in [0, 0.1) is 0 Å². The molecule has 0 unspecified atom stereocenters. The standard InChI is InChI=1S/C12H13BrN2S/c13-11-5-8-16-12(11)9-14-7-4-10-3-1-2-6-15-10/h1-3,5-6,8,14H,4,7,9H2. The third-order valence-electron chi connectivity index (χ3n) is 2.26. The molecule has 0 atom stereocenters. The average Bonchev–Trinajstić information content (AvgIpc) is 2.72. The number of hydrogen-bond donors (Lipinski definition) is 1. The molecule has 84 valence electrons. The smallest absolute Gasteiger partial charge is 0.0416 e. The summed E-state index contributed by atoms with van der Waals surface area (Å²) in [7, 11) is 0. The third-order valence-corrected chi connectivity index (χ3v) is 4.19. The number of thiophene rings is 1. The van der Waals surface area contributed by atoms with Gasteiger partial charge in [0.2, 0.25) is 0 Å². The molecular formula is C12H13BrN2S. The highest BCUT2D eigenvalue weighted by Gasteiger charge is 2.00. The maximum atomic E-state index is 4.28. The van der Waals surface area contributed by atoms with Gasteiger partial charge in [-0.25, -0.2) is 0 Å². The molecule has 0 spiro atoms. The quantitative estimate of drug-likeness (QED) is 0.857. The molecule has 0 aliphatic heterocycles. The van der Waals surface area contributed by atoms with Crippen LogP contribution in [0.3, 0.4) is 0 Å². The van der Waals surface area contributed by atoms with Crippen molar-refractivity contribution in [1.29, 1.82) is 0 Å². The normalized spacial score (nSPS) is 10.6. The number of hydrogen-bond acceptors (Lipinski definition) is 3. The summed E-state index contributed by atoms with van der Waals surface area (Å²) >= 11 is 5.29. The highest BCUT2D eigenvalue weighted by Crippen LogP contribution is 2.21. The van der Waals surface area contributed by atoms with Crippen molar-refractivity contribution >= 4 is 27.3 Å². The molecular weight excluding hydrogens is 284 g/mol. The van der Waals surface area contributed by atoms with Gasteiger partial charge in [0.25, 0.3) is 0 Å². The Morgan fingerprint density at radius 3 is 2.94 bits per heavy atom. The predicted octanol–water partition coefficient (Wildman–Crippen LogP) is 3.24. The van der Waals surface area contributed by atoms with E-state index in [1.807, 2.05) is 18.3 Å². The topological polar surface area (TPSA) is 24.9 Å². The minimum Gasteiger partial charge on any atom is -0.311 e. The molecule has 0 radical (unpaired) electrons. The van der Waals surface area contributed by atoms with Crippen LogP contribution in [-0.4, -0.2) is 11.5 Å². The summed E-state index contributed by atoms with van der Waals surface area (Å²) in [6.45, 7) is 1.88. The molecule has 1 N–H and O–H groups in total. The summed E-state index contributed by atoms with van der Waals surface area (Å²) in [5, 5.41) is 5.51. The molecule has 0 aliphatic carbocycles. The van der Waals surface area contributed by atoms with Gasteiger partial charge in [-0.15, -0.1) is 11.3 Å². The number of nitrogens with one attached hydrogen (secondary N) is 1. The molecule has 0 fully saturated rings. The number of nitrogens with zero attached hydrogens (tertiary/aromatic N) is 1. The van der Waals surface area contributed by atoms with E-state index in [-0.39, 0.29) is 0 Å². The summed E-state index contributed by atoms with van der Waals surface area (Å²) in [6, 6.07) is 8.11. The van der Waals surface area contributed by atoms with Crippen LogP contribution >= 0.6 is 27.3 Å². The molecule has 2 aromatic heterocycles. The van der Waals surface area contributed by atoms with Crippen LogP contribution in [0.15, 0.2) is 40.3 Å². The molecule has 2 rings (SSSR count). The number of aromatic nitrogens is 1. The number of rotatable bonds is 5. The van der Waals surface area contributed by atoms with Gasteiger partial charge < -0.3 is 5.32 Å². The minimum atomic E-state index is 0.922. The fraction of sp³-hybridized carbons (Fsp3) is 0.250. The van der Waals surface area contributed by atoms with Gasteiger partial charge in [-0.05, 0) is 39.5 Å². The van der Waals surface area contributed by atoms with E-state index < -0.39 is 0 Å². The van der Waals surface area contributed by atoms with E-state index in [0.717, 1.165) is 25.2 Å². The van der Waals surface area contributed by atoms with Crippen molar-refractivity contribution in [3.05, 3.63) is 50.9 Å². The van der Waals surface area contributed by atoms with Crippen molar-refractivity contribution in [1.82, 2.24) is 10.3 Å². The van der Waals surface area contributed by atoms with E-state index >= 15 is 0 Å². The molecule has 4 heteroatoms. The first-order valence-corrected chi connectivity index (χ1v) is 6.86. The lowest BCUT2D eigenvalue weighted by Crippen LogP contribution is -2.16. The maximum Gasteiger partial charge on any atom is 0.0416 e. The molecule has 16 heavy (non-hydrogen) atoms. The highest BCUT2D eigenvalue weighted by molar-refractivity contribution is 9.10. The van der Waals surface area contributed by atoms with E-state index in [1.54, 1.807) is 11.3 Å². The SMILES string of the molecule is Brc1ccsc1CNCCc1ccccn1. The Kier molecular flexibility index (Phi) is 4.51. The van der Waals surface area contributed by atoms with Crippen molar-refractivity contribution < 1.29 is 0 Å². The van der Waals surface area contributed by atoms with E-state index in [4.69, 9.17) is 0 Å². The molecule has 2 aromatic rings. The molecule has 2 nitrogen and oxygen atoms in total. The Morgan fingerprint density at radius 2 is 2.25 bits per heavy atom. The summed E-state index contributed by atoms with van der Waals surface area (Å²) in [4.78, 5) is 5.63. The summed E-state index contributed by atoms with van der Waals surface area (Å²) < 4.78 is 1.20. The van der Waals surface area contributed by atoms with E-state index in [0.29, 0.717) is 0 Å². The van der Waals surface area contributed by atoms with E-state index in [1.165, 1.54) is 9.35 Å². The number of halogens is 1. The van der Waals surface area contributed by atoms with Gasteiger partial charge in [0.1, 0.15) is 0 Å². The Balaban J connectivity index is 1.72. The van der Waals surface area contributed by atoms with Crippen molar-refractivity contribution in [2.45, 2.75) is 13.0 Å². The molecule has 0 saturated heterocycles. The zero-order chi connectivity index (χ0) is 11.2. The maximum absolute atomic E-state index is 4.28. The fourth-order valence-corrected chi connectivity index (χ4v) is 2.88. The lowest BCUT2D eigenvalue weighted by atomic mass is 10.3. The molecule has 0 amide bonds. The van der Waals surface area contributed by atoms with E-state index in [9.17, 15) is 0 Å². The van der Waals surface area contributed by atoms with Gasteiger partial charge >= 0.3 is 0 Å². The summed E-state index contributed by atoms with van der Waals surface area (Å²) in [5.41, 5.74) is 1.14. The van der Waals surface area contributed by atoms with Crippen molar-refractivity contribution in [3.8, 4) is 0 Å². The third kappa shape index (κ3) is 3.40. The van der Waals surface area contributed by atoms with Crippen LogP contribution in [0.4, 0.5) is 0 Å². The van der Waals surface area contributed by atoms with Gasteiger partial charge in [-0.3, -0.25) is 4.98 Å². The molecule has 0 saturated carbocycles. The van der Waals surface area contributed by atoms with Gasteiger partial charge in [0.15, 0.2) is 0 Å². The zero-order valence-electron chi connectivity index (χ0n) is 8.82. The van der Waals surface area contributed by atoms with Gasteiger partial charge in [-0.1, -0.05) is 6.07 Å². The second kappa shape index (κ2) is 6.13. The molecule has 0 aromatic carbocycles. The Morgan fingerprint density at radius 1 is 1.31 bits per heavy atom. The van der Waals surface area contributed by atoms with Crippen LogP contribution in [-0.2, 0) is 13.0 Å². The number of pyridine rings is 1. The first kappa shape index (κ1) is 11.8. The minimum absolute atomic E-state index is 0.922. The Bertz CT molecular complexity index is 428. The van der Waals surface area contributed by atoms with Gasteiger partial charge in [0.05, 0.1) is 0 Å². The van der Waals surface area contributed by atoms with Crippen LogP contribution in [0.2, 0.25) is 0 Å². The van der Waals surface area contributed by atoms with Crippen LogP contribution < -0.4 is 5.32 Å². The van der Waals surface area contributed by atoms with Crippen molar-refractivity contribution in [2.75, 3.05) is 6.54 Å². The largest absolute Gasteiger partial charge is 0.311 e. The molecule has 2 heterocycles. The predicted molar refractivity (Wildman–Crippen MR) is 71.7 cm³/mol. The zero-order valence-corrected chi connectivity index (χ0v) is 11.2. The van der Waals surface area contributed by atoms with Crippen molar-refractivity contribution in [3.63, 3.8) is 0 Å². The summed E-state index contributed by atoms with van der Waals surface area (Å²) in [5.74, 6) is 0. The van der Waals surface area contributed by atoms with E-state index in [2.05, 4.69) is 43.7 Å². The second-order valence-corrected chi connectivity index (χ2v) is 5.29. The fourth-order valence-electron chi connectivity index (χ4n) is 1.42. The van der Waals surface area contributed by atoms with Crippen molar-refractivity contribution in [2.24, 2.45) is 0 Å². The molecule has 0 bridgehead atoms. The monoisotopic (exact) mass is 296 g/mol. The van der Waals surface area contributed by atoms with Crippen LogP contribution in [0.1, 0.15) is 10.6 Å². The lowest BCUT2D eigenvalue weighted by molar-refractivity contribution is 0.685.